The molecular formula is C22H25N5O3S. The molecule has 8 nitrogen and oxygen atoms in total. The molecule has 0 aliphatic carbocycles. The van der Waals surface area contributed by atoms with Gasteiger partial charge in [0.05, 0.1) is 17.9 Å². The number of fused-ring (bicyclic) bond motifs is 1. The number of rotatable bonds is 5. The second kappa shape index (κ2) is 7.81. The molecule has 1 aliphatic heterocycles. The fourth-order valence-corrected chi connectivity index (χ4v) is 4.58. The van der Waals surface area contributed by atoms with Crippen LogP contribution < -0.4 is 9.62 Å². The molecule has 0 spiro atoms. The molecule has 0 bridgehead atoms. The average molecular weight is 440 g/mol. The summed E-state index contributed by atoms with van der Waals surface area (Å²) >= 11 is 0. The van der Waals surface area contributed by atoms with Crippen LogP contribution in [0.2, 0.25) is 0 Å². The summed E-state index contributed by atoms with van der Waals surface area (Å²) in [6.45, 7) is 6.18. The fraction of sp³-hybridized carbons (Fsp3) is 0.318. The molecule has 1 atom stereocenters. The molecule has 0 saturated carbocycles. The van der Waals surface area contributed by atoms with Gasteiger partial charge in [-0.3, -0.25) is 13.8 Å². The molecular weight excluding hydrogens is 414 g/mol. The number of anilines is 2. The third-order valence-electron chi connectivity index (χ3n) is 5.36. The van der Waals surface area contributed by atoms with Crippen molar-refractivity contribution >= 4 is 27.3 Å². The minimum Gasteiger partial charge on any atom is -0.322 e. The van der Waals surface area contributed by atoms with E-state index in [9.17, 15) is 13.2 Å². The molecule has 1 amide bonds. The SMILES string of the molecule is Cc1ccc(NC(=O)c2ccc3c(c2)[C@H](c2ncn(C(C)C)n2)CN3S(C)(=O)=O)cc1. The van der Waals surface area contributed by atoms with Gasteiger partial charge in [-0.15, -0.1) is 0 Å². The minimum absolute atomic E-state index is 0.139. The molecule has 2 aromatic carbocycles. The van der Waals surface area contributed by atoms with Crippen LogP contribution in [0.1, 0.15) is 53.1 Å². The summed E-state index contributed by atoms with van der Waals surface area (Å²) in [5.41, 5.74) is 3.53. The normalized spacial score (nSPS) is 15.9. The van der Waals surface area contributed by atoms with Gasteiger partial charge in [-0.05, 0) is 56.7 Å². The number of aryl methyl sites for hydroxylation is 1. The molecule has 9 heteroatoms. The van der Waals surface area contributed by atoms with Gasteiger partial charge in [0.2, 0.25) is 10.0 Å². The average Bonchev–Trinajstić information content (AvgIpc) is 3.33. The van der Waals surface area contributed by atoms with Crippen molar-refractivity contribution in [2.24, 2.45) is 0 Å². The van der Waals surface area contributed by atoms with Crippen LogP contribution in [0.15, 0.2) is 48.8 Å². The summed E-state index contributed by atoms with van der Waals surface area (Å²) in [5.74, 6) is -0.0714. The zero-order valence-corrected chi connectivity index (χ0v) is 18.7. The van der Waals surface area contributed by atoms with Gasteiger partial charge in [0.15, 0.2) is 5.82 Å². The van der Waals surface area contributed by atoms with Gasteiger partial charge >= 0.3 is 0 Å². The number of benzene rings is 2. The Bertz CT molecular complexity index is 1230. The van der Waals surface area contributed by atoms with Gasteiger partial charge in [-0.25, -0.2) is 13.4 Å². The Balaban J connectivity index is 1.70. The molecule has 1 aliphatic rings. The molecule has 0 fully saturated rings. The van der Waals surface area contributed by atoms with E-state index in [2.05, 4.69) is 15.4 Å². The van der Waals surface area contributed by atoms with Crippen molar-refractivity contribution in [1.29, 1.82) is 0 Å². The maximum Gasteiger partial charge on any atom is 0.255 e. The van der Waals surface area contributed by atoms with Crippen molar-refractivity contribution in [3.63, 3.8) is 0 Å². The van der Waals surface area contributed by atoms with Crippen molar-refractivity contribution in [3.05, 3.63) is 71.3 Å². The lowest BCUT2D eigenvalue weighted by Gasteiger charge is -2.16. The molecule has 0 unspecified atom stereocenters. The Labute approximate surface area is 182 Å². The number of carbonyl (C=O) groups excluding carboxylic acids is 1. The molecule has 1 N–H and O–H groups in total. The molecule has 3 aromatic rings. The van der Waals surface area contributed by atoms with Crippen molar-refractivity contribution in [3.8, 4) is 0 Å². The highest BCUT2D eigenvalue weighted by atomic mass is 32.2. The van der Waals surface area contributed by atoms with E-state index >= 15 is 0 Å². The van der Waals surface area contributed by atoms with Crippen molar-refractivity contribution < 1.29 is 13.2 Å². The first-order chi connectivity index (χ1) is 14.6. The van der Waals surface area contributed by atoms with Crippen molar-refractivity contribution in [1.82, 2.24) is 14.8 Å². The molecule has 4 rings (SSSR count). The Kier molecular flexibility index (Phi) is 5.30. The van der Waals surface area contributed by atoms with E-state index in [0.29, 0.717) is 22.8 Å². The van der Waals surface area contributed by atoms with Crippen molar-refractivity contribution in [2.75, 3.05) is 22.4 Å². The molecule has 0 saturated heterocycles. The standard InChI is InChI=1S/C22H25N5O3S/c1-14(2)26-13-23-21(25-26)19-12-27(31(4,29)30)20-10-7-16(11-18(19)20)22(28)24-17-8-5-15(3)6-9-17/h5-11,13-14,19H,12H2,1-4H3,(H,24,28)/t19-/m1/s1. The highest BCUT2D eigenvalue weighted by Gasteiger charge is 2.37. The van der Waals surface area contributed by atoms with Crippen molar-refractivity contribution in [2.45, 2.75) is 32.7 Å². The first-order valence-corrected chi connectivity index (χ1v) is 11.9. The van der Waals surface area contributed by atoms with Gasteiger partial charge in [-0.2, -0.15) is 5.10 Å². The van der Waals surface area contributed by atoms with Crippen LogP contribution in [0.4, 0.5) is 11.4 Å². The third kappa shape index (κ3) is 4.18. The largest absolute Gasteiger partial charge is 0.322 e. The Morgan fingerprint density at radius 3 is 2.48 bits per heavy atom. The number of carbonyl (C=O) groups is 1. The Morgan fingerprint density at radius 2 is 1.87 bits per heavy atom. The topological polar surface area (TPSA) is 97.2 Å². The summed E-state index contributed by atoms with van der Waals surface area (Å²) in [4.78, 5) is 17.3. The quantitative estimate of drug-likeness (QED) is 0.658. The van der Waals surface area contributed by atoms with Gasteiger partial charge in [0, 0.05) is 23.8 Å². The molecule has 1 aromatic heterocycles. The van der Waals surface area contributed by atoms with Crippen LogP contribution in [0, 0.1) is 6.92 Å². The Morgan fingerprint density at radius 1 is 1.16 bits per heavy atom. The van der Waals surface area contributed by atoms with Gasteiger partial charge in [-0.1, -0.05) is 17.7 Å². The number of amides is 1. The van der Waals surface area contributed by atoms with Gasteiger partial charge in [0.25, 0.3) is 5.91 Å². The lowest BCUT2D eigenvalue weighted by atomic mass is 9.98. The first-order valence-electron chi connectivity index (χ1n) is 10.0. The van der Waals surface area contributed by atoms with E-state index < -0.39 is 10.0 Å². The smallest absolute Gasteiger partial charge is 0.255 e. The second-order valence-corrected chi connectivity index (χ2v) is 10.0. The van der Waals surface area contributed by atoms with E-state index in [4.69, 9.17) is 0 Å². The number of nitrogens with one attached hydrogen (secondary N) is 1. The zero-order chi connectivity index (χ0) is 22.3. The van der Waals surface area contributed by atoms with Crippen LogP contribution >= 0.6 is 0 Å². The van der Waals surface area contributed by atoms with Crippen LogP contribution in [-0.2, 0) is 10.0 Å². The zero-order valence-electron chi connectivity index (χ0n) is 17.9. The summed E-state index contributed by atoms with van der Waals surface area (Å²) in [6.07, 6.45) is 2.83. The van der Waals surface area contributed by atoms with Crippen LogP contribution in [0.5, 0.6) is 0 Å². The maximum atomic E-state index is 12.8. The summed E-state index contributed by atoms with van der Waals surface area (Å²) in [5, 5.41) is 7.43. The highest BCUT2D eigenvalue weighted by Crippen LogP contribution is 2.41. The monoisotopic (exact) mass is 439 g/mol. The predicted octanol–water partition coefficient (Wildman–Crippen LogP) is 3.33. The van der Waals surface area contributed by atoms with E-state index in [1.54, 1.807) is 29.2 Å². The summed E-state index contributed by atoms with van der Waals surface area (Å²) < 4.78 is 27.8. The molecule has 0 radical (unpaired) electrons. The van der Waals surface area contributed by atoms with E-state index in [1.165, 1.54) is 10.6 Å². The summed E-state index contributed by atoms with van der Waals surface area (Å²) in [7, 11) is -3.48. The number of hydrogen-bond donors (Lipinski definition) is 1. The van der Waals surface area contributed by atoms with E-state index in [1.807, 2.05) is 45.0 Å². The number of sulfonamides is 1. The fourth-order valence-electron chi connectivity index (χ4n) is 3.64. The molecule has 2 heterocycles. The van der Waals surface area contributed by atoms with E-state index in [-0.39, 0.29) is 24.4 Å². The first kappa shape index (κ1) is 21.0. The van der Waals surface area contributed by atoms with Crippen LogP contribution in [0.3, 0.4) is 0 Å². The third-order valence-corrected chi connectivity index (χ3v) is 6.51. The number of aromatic nitrogens is 3. The van der Waals surface area contributed by atoms with Crippen LogP contribution in [-0.4, -0.2) is 41.9 Å². The second-order valence-electron chi connectivity index (χ2n) is 8.12. The lowest BCUT2D eigenvalue weighted by molar-refractivity contribution is 0.102. The molecule has 31 heavy (non-hydrogen) atoms. The highest BCUT2D eigenvalue weighted by molar-refractivity contribution is 7.92. The van der Waals surface area contributed by atoms with Gasteiger partial charge < -0.3 is 5.32 Å². The lowest BCUT2D eigenvalue weighted by Crippen LogP contribution is -2.29. The summed E-state index contributed by atoms with van der Waals surface area (Å²) in [6, 6.07) is 12.7. The molecule has 162 valence electrons. The van der Waals surface area contributed by atoms with Crippen LogP contribution in [0.25, 0.3) is 0 Å². The maximum absolute atomic E-state index is 12.8. The van der Waals surface area contributed by atoms with Gasteiger partial charge in [0.1, 0.15) is 6.33 Å². The predicted molar refractivity (Wildman–Crippen MR) is 120 cm³/mol. The minimum atomic E-state index is -3.48. The van der Waals surface area contributed by atoms with E-state index in [0.717, 1.165) is 11.1 Å². The Hall–Kier alpha value is -3.20. The number of nitrogens with zero attached hydrogens (tertiary/aromatic N) is 4. The number of hydrogen-bond acceptors (Lipinski definition) is 5.